The van der Waals surface area contributed by atoms with E-state index < -0.39 is 0 Å². The highest BCUT2D eigenvalue weighted by atomic mass is 79.9. The topological polar surface area (TPSA) is 9.23 Å². The van der Waals surface area contributed by atoms with E-state index in [-0.39, 0.29) is 16.2 Å². The average molecular weight is 405 g/mol. The Morgan fingerprint density at radius 2 is 1.54 bits per heavy atom. The van der Waals surface area contributed by atoms with Crippen LogP contribution in [0.5, 0.6) is 5.75 Å². The Labute approximate surface area is 157 Å². The summed E-state index contributed by atoms with van der Waals surface area (Å²) < 4.78 is 7.38. The molecule has 0 radical (unpaired) electrons. The van der Waals surface area contributed by atoms with Crippen molar-refractivity contribution >= 4 is 27.3 Å². The predicted molar refractivity (Wildman–Crippen MR) is 106 cm³/mol. The SMILES string of the molecule is CC1(C)CCC(C)(C)c2cc3c(cc21)OCC3(C)c1ccc(Br)s1. The molecule has 2 heterocycles. The molecule has 0 N–H and O–H groups in total. The number of fused-ring (bicyclic) bond motifs is 2. The number of halogens is 1. The van der Waals surface area contributed by atoms with Crippen molar-refractivity contribution in [3.63, 3.8) is 0 Å². The fourth-order valence-electron chi connectivity index (χ4n) is 4.26. The second-order valence-corrected chi connectivity index (χ2v) is 11.3. The number of benzene rings is 1. The van der Waals surface area contributed by atoms with Crippen molar-refractivity contribution in [3.05, 3.63) is 49.6 Å². The largest absolute Gasteiger partial charge is 0.492 e. The molecule has 1 unspecified atom stereocenters. The molecule has 3 heteroatoms. The maximum absolute atomic E-state index is 6.20. The molecule has 24 heavy (non-hydrogen) atoms. The maximum atomic E-state index is 6.20. The normalized spacial score (nSPS) is 26.6. The van der Waals surface area contributed by atoms with Crippen LogP contribution in [-0.4, -0.2) is 6.61 Å². The fraction of sp³-hybridized carbons (Fsp3) is 0.524. The van der Waals surface area contributed by atoms with Gasteiger partial charge < -0.3 is 4.74 Å². The molecule has 0 bridgehead atoms. The highest BCUT2D eigenvalue weighted by molar-refractivity contribution is 9.11. The third-order valence-electron chi connectivity index (χ3n) is 6.18. The van der Waals surface area contributed by atoms with E-state index in [9.17, 15) is 0 Å². The Morgan fingerprint density at radius 1 is 0.917 bits per heavy atom. The van der Waals surface area contributed by atoms with Gasteiger partial charge in [-0.3, -0.25) is 0 Å². The number of rotatable bonds is 1. The molecule has 0 amide bonds. The van der Waals surface area contributed by atoms with Gasteiger partial charge in [0.2, 0.25) is 0 Å². The molecule has 1 nitrogen and oxygen atoms in total. The lowest BCUT2D eigenvalue weighted by Gasteiger charge is -2.42. The first-order chi connectivity index (χ1) is 11.1. The molecule has 0 spiro atoms. The number of hydrogen-bond acceptors (Lipinski definition) is 2. The lowest BCUT2D eigenvalue weighted by atomic mass is 9.62. The second-order valence-electron chi connectivity index (χ2n) is 8.89. The first-order valence-corrected chi connectivity index (χ1v) is 10.3. The summed E-state index contributed by atoms with van der Waals surface area (Å²) in [6.45, 7) is 12.6. The molecule has 1 aliphatic heterocycles. The molecule has 1 atom stereocenters. The number of thiophene rings is 1. The fourth-order valence-corrected chi connectivity index (χ4v) is 5.79. The van der Waals surface area contributed by atoms with Crippen molar-refractivity contribution in [2.45, 2.75) is 63.7 Å². The van der Waals surface area contributed by atoms with E-state index in [1.54, 1.807) is 0 Å². The standard InChI is InChI=1S/C21H25BrOS/c1-19(2)8-9-20(3,4)14-11-16-15(10-13(14)19)21(5,12-23-16)17-6-7-18(22)24-17/h6-7,10-11H,8-9,12H2,1-5H3. The van der Waals surface area contributed by atoms with Crippen LogP contribution in [0.4, 0.5) is 0 Å². The minimum atomic E-state index is -0.0429. The summed E-state index contributed by atoms with van der Waals surface area (Å²) in [6, 6.07) is 9.20. The van der Waals surface area contributed by atoms with Gasteiger partial charge in [0.25, 0.3) is 0 Å². The van der Waals surface area contributed by atoms with Gasteiger partial charge >= 0.3 is 0 Å². The molecule has 128 valence electrons. The smallest absolute Gasteiger partial charge is 0.123 e. The van der Waals surface area contributed by atoms with Gasteiger partial charge in [0, 0.05) is 10.4 Å². The van der Waals surface area contributed by atoms with Crippen molar-refractivity contribution in [2.24, 2.45) is 0 Å². The molecular formula is C21H25BrOS. The summed E-state index contributed by atoms with van der Waals surface area (Å²) in [4.78, 5) is 1.38. The molecule has 4 rings (SSSR count). The highest BCUT2D eigenvalue weighted by Gasteiger charge is 2.44. The van der Waals surface area contributed by atoms with Crippen LogP contribution in [0.1, 0.15) is 69.0 Å². The molecule has 2 aliphatic rings. The van der Waals surface area contributed by atoms with Crippen LogP contribution in [0.2, 0.25) is 0 Å². The molecule has 0 fully saturated rings. The van der Waals surface area contributed by atoms with E-state index in [2.05, 4.69) is 74.8 Å². The van der Waals surface area contributed by atoms with Crippen LogP contribution in [0.3, 0.4) is 0 Å². The van der Waals surface area contributed by atoms with Crippen LogP contribution in [0.25, 0.3) is 0 Å². The highest BCUT2D eigenvalue weighted by Crippen LogP contribution is 2.53. The van der Waals surface area contributed by atoms with E-state index in [0.29, 0.717) is 0 Å². The van der Waals surface area contributed by atoms with E-state index in [0.717, 1.165) is 12.4 Å². The van der Waals surface area contributed by atoms with Gasteiger partial charge in [0.15, 0.2) is 0 Å². The number of hydrogen-bond donors (Lipinski definition) is 0. The summed E-state index contributed by atoms with van der Waals surface area (Å²) in [7, 11) is 0. The third kappa shape index (κ3) is 2.31. The molecule has 0 saturated heterocycles. The quantitative estimate of drug-likeness (QED) is 0.522. The zero-order valence-corrected chi connectivity index (χ0v) is 17.5. The zero-order chi connectivity index (χ0) is 17.3. The first kappa shape index (κ1) is 16.7. The molecule has 1 aromatic carbocycles. The van der Waals surface area contributed by atoms with Crippen LogP contribution in [0.15, 0.2) is 28.1 Å². The van der Waals surface area contributed by atoms with Crippen LogP contribution in [-0.2, 0) is 16.2 Å². The van der Waals surface area contributed by atoms with E-state index >= 15 is 0 Å². The maximum Gasteiger partial charge on any atom is 0.123 e. The van der Waals surface area contributed by atoms with Crippen LogP contribution < -0.4 is 4.74 Å². The summed E-state index contributed by atoms with van der Waals surface area (Å²) in [5, 5.41) is 0. The Balaban J connectivity index is 1.92. The van der Waals surface area contributed by atoms with Gasteiger partial charge in [-0.15, -0.1) is 11.3 Å². The minimum absolute atomic E-state index is 0.0429. The zero-order valence-electron chi connectivity index (χ0n) is 15.1. The van der Waals surface area contributed by atoms with E-state index in [1.165, 1.54) is 38.2 Å². The molecule has 0 saturated carbocycles. The average Bonchev–Trinajstić information content (AvgIpc) is 3.09. The molecule has 1 aliphatic carbocycles. The van der Waals surface area contributed by atoms with E-state index in [4.69, 9.17) is 4.74 Å². The Kier molecular flexibility index (Phi) is 3.54. The van der Waals surface area contributed by atoms with Gasteiger partial charge in [0.05, 0.1) is 9.20 Å². The Hall–Kier alpha value is -0.800. The van der Waals surface area contributed by atoms with Gasteiger partial charge in [-0.25, -0.2) is 0 Å². The van der Waals surface area contributed by atoms with Gasteiger partial charge in [-0.2, -0.15) is 0 Å². The lowest BCUT2D eigenvalue weighted by molar-refractivity contribution is 0.303. The van der Waals surface area contributed by atoms with Crippen molar-refractivity contribution < 1.29 is 4.74 Å². The first-order valence-electron chi connectivity index (χ1n) is 8.72. The third-order valence-corrected chi connectivity index (χ3v) is 8.07. The van der Waals surface area contributed by atoms with Gasteiger partial charge in [-0.1, -0.05) is 33.8 Å². The van der Waals surface area contributed by atoms with Crippen molar-refractivity contribution in [3.8, 4) is 5.75 Å². The molecule has 2 aromatic rings. The van der Waals surface area contributed by atoms with Crippen LogP contribution >= 0.6 is 27.3 Å². The summed E-state index contributed by atoms with van der Waals surface area (Å²) in [5.74, 6) is 1.09. The summed E-state index contributed by atoms with van der Waals surface area (Å²) >= 11 is 5.44. The second kappa shape index (κ2) is 5.11. The van der Waals surface area contributed by atoms with Gasteiger partial charge in [0.1, 0.15) is 12.4 Å². The number of ether oxygens (including phenoxy) is 1. The minimum Gasteiger partial charge on any atom is -0.492 e. The monoisotopic (exact) mass is 404 g/mol. The Bertz CT molecular complexity index is 817. The van der Waals surface area contributed by atoms with Gasteiger partial charge in [-0.05, 0) is 75.9 Å². The Morgan fingerprint density at radius 3 is 2.12 bits per heavy atom. The van der Waals surface area contributed by atoms with E-state index in [1.807, 2.05) is 11.3 Å². The summed E-state index contributed by atoms with van der Waals surface area (Å²) in [5.41, 5.74) is 4.78. The molecule has 1 aromatic heterocycles. The van der Waals surface area contributed by atoms with Crippen molar-refractivity contribution in [1.29, 1.82) is 0 Å². The van der Waals surface area contributed by atoms with Crippen LogP contribution in [0, 0.1) is 0 Å². The van der Waals surface area contributed by atoms with Crippen molar-refractivity contribution in [2.75, 3.05) is 6.61 Å². The lowest BCUT2D eigenvalue weighted by Crippen LogP contribution is -2.34. The predicted octanol–water partition coefficient (Wildman–Crippen LogP) is 6.56. The summed E-state index contributed by atoms with van der Waals surface area (Å²) in [6.07, 6.45) is 2.48. The van der Waals surface area contributed by atoms with Crippen molar-refractivity contribution in [1.82, 2.24) is 0 Å². The molecular weight excluding hydrogens is 380 g/mol.